The van der Waals surface area contributed by atoms with Crippen molar-refractivity contribution in [3.05, 3.63) is 114 Å². The Morgan fingerprint density at radius 3 is 2.08 bits per heavy atom. The molecule has 0 spiro atoms. The monoisotopic (exact) mass is 753 g/mol. The van der Waals surface area contributed by atoms with Crippen molar-refractivity contribution in [1.82, 2.24) is 66.6 Å². The van der Waals surface area contributed by atoms with E-state index in [0.29, 0.717) is 41.3 Å². The van der Waals surface area contributed by atoms with Crippen LogP contribution in [-0.4, -0.2) is 102 Å². The number of hydrogen-bond donors (Lipinski definition) is 7. The number of rotatable bonds is 12. The minimum absolute atomic E-state index is 0.0517. The Labute approximate surface area is 301 Å². The topological polar surface area (TPSA) is 296 Å². The quantitative estimate of drug-likeness (QED) is 0.0697. The fourth-order valence-corrected chi connectivity index (χ4v) is 6.02. The number of fused-ring (bicyclic) bond motifs is 1. The lowest BCUT2D eigenvalue weighted by Gasteiger charge is -2.18. The van der Waals surface area contributed by atoms with Gasteiger partial charge < -0.3 is 30.7 Å². The number of nitrogens with two attached hydrogens (primary N) is 2. The van der Waals surface area contributed by atoms with E-state index in [-0.39, 0.29) is 33.9 Å². The van der Waals surface area contributed by atoms with Crippen molar-refractivity contribution >= 4 is 37.2 Å². The number of aromatic amines is 5. The van der Waals surface area contributed by atoms with E-state index in [9.17, 15) is 8.42 Å². The molecule has 1 unspecified atom stereocenters. The zero-order chi connectivity index (χ0) is 37.0. The summed E-state index contributed by atoms with van der Waals surface area (Å²) in [5, 5.41) is 39.1. The van der Waals surface area contributed by atoms with E-state index < -0.39 is 15.9 Å². The van der Waals surface area contributed by atoms with Gasteiger partial charge in [0.1, 0.15) is 10.6 Å². The van der Waals surface area contributed by atoms with E-state index >= 15 is 0 Å². The number of halogens is 1. The Morgan fingerprint density at radius 2 is 1.52 bits per heavy atom. The van der Waals surface area contributed by atoms with Gasteiger partial charge in [0.25, 0.3) is 0 Å². The van der Waals surface area contributed by atoms with Gasteiger partial charge in [-0.2, -0.15) is 0 Å². The summed E-state index contributed by atoms with van der Waals surface area (Å²) >= 11 is 6.22. The summed E-state index contributed by atoms with van der Waals surface area (Å²) < 4.78 is 44.0. The highest BCUT2D eigenvalue weighted by atomic mass is 35.5. The van der Waals surface area contributed by atoms with E-state index in [0.717, 1.165) is 0 Å². The number of sulfone groups is 1. The smallest absolute Gasteiger partial charge is 0.237 e. The minimum Gasteiger partial charge on any atom is -0.449 e. The van der Waals surface area contributed by atoms with Crippen LogP contribution in [0.2, 0.25) is 5.02 Å². The molecule has 5 heterocycles. The predicted molar refractivity (Wildman–Crippen MR) is 188 cm³/mol. The van der Waals surface area contributed by atoms with E-state index in [4.69, 9.17) is 37.3 Å². The summed E-state index contributed by atoms with van der Waals surface area (Å²) in [4.78, 5) is 2.94. The van der Waals surface area contributed by atoms with E-state index in [2.05, 4.69) is 66.6 Å². The molecule has 5 aromatic heterocycles. The molecule has 1 atom stereocenters. The molecule has 22 heteroatoms. The van der Waals surface area contributed by atoms with Crippen molar-refractivity contribution < 1.29 is 22.6 Å². The van der Waals surface area contributed by atoms with Gasteiger partial charge in [0.15, 0.2) is 6.79 Å². The van der Waals surface area contributed by atoms with Crippen LogP contribution in [0.4, 0.5) is 0 Å². The van der Waals surface area contributed by atoms with Gasteiger partial charge in [0.05, 0.1) is 48.4 Å². The SMILES string of the molecule is CCOCCOCOc1[nH]nnc1C(N)C(N)=C(c1c[nH]c2ccc(Cl)cc12)S(=O)(=O)c1ccccc1.c1c[nH]nn1.c1c[nH]nn1.c1c[nH]nn1. The maximum absolute atomic E-state index is 13.9. The van der Waals surface area contributed by atoms with Crippen molar-refractivity contribution in [2.75, 3.05) is 26.6 Å². The molecule has 0 aliphatic heterocycles. The van der Waals surface area contributed by atoms with Crippen LogP contribution in [-0.2, 0) is 19.3 Å². The van der Waals surface area contributed by atoms with Crippen molar-refractivity contribution in [1.29, 1.82) is 0 Å². The van der Waals surface area contributed by atoms with Crippen LogP contribution in [0.25, 0.3) is 15.8 Å². The zero-order valence-electron chi connectivity index (χ0n) is 27.6. The Hall–Kier alpha value is -6.00. The van der Waals surface area contributed by atoms with Gasteiger partial charge in [-0.15, -0.1) is 20.4 Å². The van der Waals surface area contributed by atoms with Gasteiger partial charge in [-0.3, -0.25) is 15.3 Å². The van der Waals surface area contributed by atoms with Crippen LogP contribution in [0.5, 0.6) is 5.88 Å². The molecular formula is C30H36ClN15O5S. The second-order valence-corrected chi connectivity index (χ2v) is 12.2. The number of nitrogens with one attached hydrogen (secondary N) is 5. The average Bonchev–Trinajstić information content (AvgIpc) is 4.01. The van der Waals surface area contributed by atoms with Gasteiger partial charge in [0.2, 0.25) is 15.7 Å². The molecule has 274 valence electrons. The number of nitrogens with zero attached hydrogens (tertiary/aromatic N) is 8. The maximum Gasteiger partial charge on any atom is 0.237 e. The van der Waals surface area contributed by atoms with Gasteiger partial charge >= 0.3 is 0 Å². The summed E-state index contributed by atoms with van der Waals surface area (Å²) in [5.41, 5.74) is 13.9. The largest absolute Gasteiger partial charge is 0.449 e. The van der Waals surface area contributed by atoms with Crippen LogP contribution in [0.1, 0.15) is 24.2 Å². The standard InChI is InChI=1S/C24H27ClN6O5S.3C2H3N3/c1-2-34-10-11-35-14-36-24-22(29-31-30-24)20(26)21(27)23(37(32,33)16-6-4-3-5-7-16)18-13-28-19-9-8-15(25)12-17(18)19;3*1-2-4-5-3-1/h3-9,12-13,20,28H,2,10-11,14,26-27H2,1H3,(H,29,30,31);3*1-2H,(H,3,4,5). The molecule has 0 amide bonds. The molecule has 0 saturated carbocycles. The Kier molecular flexibility index (Phi) is 15.4. The lowest BCUT2D eigenvalue weighted by atomic mass is 10.1. The molecule has 52 heavy (non-hydrogen) atoms. The molecule has 9 N–H and O–H groups in total. The highest BCUT2D eigenvalue weighted by Crippen LogP contribution is 2.38. The fourth-order valence-electron chi connectivity index (χ4n) is 4.20. The number of benzene rings is 2. The number of ether oxygens (including phenoxy) is 3. The first-order chi connectivity index (χ1) is 25.3. The Bertz CT molecular complexity index is 1990. The third-order valence-corrected chi connectivity index (χ3v) is 8.62. The lowest BCUT2D eigenvalue weighted by Crippen LogP contribution is -2.24. The molecule has 0 fully saturated rings. The third kappa shape index (κ3) is 11.3. The van der Waals surface area contributed by atoms with Crippen LogP contribution in [0.15, 0.2) is 103 Å². The fraction of sp³-hybridized carbons (Fsp3) is 0.200. The second-order valence-electron chi connectivity index (χ2n) is 9.85. The average molecular weight is 754 g/mol. The number of H-pyrrole nitrogens is 5. The lowest BCUT2D eigenvalue weighted by molar-refractivity contribution is -0.0172. The van der Waals surface area contributed by atoms with Gasteiger partial charge in [-0.25, -0.2) is 13.5 Å². The van der Waals surface area contributed by atoms with Crippen LogP contribution in [0.3, 0.4) is 0 Å². The summed E-state index contributed by atoms with van der Waals surface area (Å²) in [6, 6.07) is 11.9. The molecule has 7 aromatic rings. The highest BCUT2D eigenvalue weighted by Gasteiger charge is 2.32. The van der Waals surface area contributed by atoms with Crippen LogP contribution >= 0.6 is 11.6 Å². The van der Waals surface area contributed by atoms with Gasteiger partial charge in [-0.1, -0.05) is 50.7 Å². The van der Waals surface area contributed by atoms with Crippen molar-refractivity contribution in [2.24, 2.45) is 11.5 Å². The molecule has 0 saturated heterocycles. The first-order valence-corrected chi connectivity index (χ1v) is 17.1. The summed E-state index contributed by atoms with van der Waals surface area (Å²) in [6.07, 6.45) is 11.3. The number of hydrogen-bond acceptors (Lipinski definition) is 15. The normalized spacial score (nSPS) is 11.9. The zero-order valence-corrected chi connectivity index (χ0v) is 29.2. The van der Waals surface area contributed by atoms with Crippen molar-refractivity contribution in [3.8, 4) is 5.88 Å². The van der Waals surface area contributed by atoms with Crippen LogP contribution in [0, 0.1) is 0 Å². The number of aromatic nitrogens is 13. The Morgan fingerprint density at radius 1 is 0.885 bits per heavy atom. The van der Waals surface area contributed by atoms with Gasteiger partial charge in [0, 0.05) is 52.9 Å². The molecule has 0 radical (unpaired) electrons. The minimum atomic E-state index is -4.13. The molecule has 2 aromatic carbocycles. The highest BCUT2D eigenvalue weighted by molar-refractivity contribution is 8.00. The summed E-state index contributed by atoms with van der Waals surface area (Å²) in [6.45, 7) is 3.07. The molecule has 0 aliphatic carbocycles. The maximum atomic E-state index is 13.9. The summed E-state index contributed by atoms with van der Waals surface area (Å²) in [7, 11) is -4.13. The van der Waals surface area contributed by atoms with Gasteiger partial charge in [-0.05, 0) is 37.3 Å². The van der Waals surface area contributed by atoms with Crippen molar-refractivity contribution in [2.45, 2.75) is 17.9 Å². The Balaban J connectivity index is 0.000000328. The first kappa shape index (κ1) is 38.8. The van der Waals surface area contributed by atoms with Crippen LogP contribution < -0.4 is 16.2 Å². The molecule has 0 aliphatic rings. The summed E-state index contributed by atoms with van der Waals surface area (Å²) in [5.74, 6) is 0.102. The molecule has 7 rings (SSSR count). The predicted octanol–water partition coefficient (Wildman–Crippen LogP) is 2.54. The van der Waals surface area contributed by atoms with E-state index in [1.165, 1.54) is 12.1 Å². The first-order valence-electron chi connectivity index (χ1n) is 15.3. The van der Waals surface area contributed by atoms with Crippen molar-refractivity contribution in [3.63, 3.8) is 0 Å². The molecule has 20 nitrogen and oxygen atoms in total. The van der Waals surface area contributed by atoms with E-state index in [1.807, 2.05) is 6.92 Å². The van der Waals surface area contributed by atoms with E-state index in [1.54, 1.807) is 79.8 Å². The molecular weight excluding hydrogens is 718 g/mol. The second kappa shape index (κ2) is 20.6. The molecule has 0 bridgehead atoms. The third-order valence-electron chi connectivity index (χ3n) is 6.50.